The highest BCUT2D eigenvalue weighted by Crippen LogP contribution is 2.19. The molecule has 0 aliphatic heterocycles. The van der Waals surface area contributed by atoms with Crippen LogP contribution >= 0.6 is 11.6 Å². The van der Waals surface area contributed by atoms with Gasteiger partial charge < -0.3 is 0 Å². The summed E-state index contributed by atoms with van der Waals surface area (Å²) in [4.78, 5) is 0.211. The van der Waals surface area contributed by atoms with Gasteiger partial charge in [0.2, 0.25) is 10.0 Å². The van der Waals surface area contributed by atoms with Gasteiger partial charge in [-0.1, -0.05) is 13.8 Å². The molecule has 0 bridgehead atoms. The summed E-state index contributed by atoms with van der Waals surface area (Å²) in [7, 11) is -1.88. The molecule has 0 spiro atoms. The van der Waals surface area contributed by atoms with Crippen molar-refractivity contribution in [3.8, 4) is 0 Å². The van der Waals surface area contributed by atoms with Crippen LogP contribution in [-0.2, 0) is 16.6 Å². The predicted octanol–water partition coefficient (Wildman–Crippen LogP) is 1.79. The molecule has 1 unspecified atom stereocenters. The molecule has 0 aliphatic carbocycles. The molecule has 0 saturated heterocycles. The van der Waals surface area contributed by atoms with E-state index in [2.05, 4.69) is 5.10 Å². The van der Waals surface area contributed by atoms with Crippen LogP contribution in [0.25, 0.3) is 0 Å². The van der Waals surface area contributed by atoms with E-state index in [0.717, 1.165) is 0 Å². The molecule has 0 saturated carbocycles. The minimum Gasteiger partial charge on any atom is -0.270 e. The lowest BCUT2D eigenvalue weighted by molar-refractivity contribution is 0.316. The Hall–Kier alpha value is -0.590. The molecule has 1 aromatic heterocycles. The van der Waals surface area contributed by atoms with E-state index in [9.17, 15) is 8.42 Å². The average Bonchev–Trinajstić information content (AvgIpc) is 2.76. The number of aryl methyl sites for hydroxylation is 1. The van der Waals surface area contributed by atoms with Crippen LogP contribution < -0.4 is 0 Å². The van der Waals surface area contributed by atoms with Gasteiger partial charge in [-0.2, -0.15) is 9.40 Å². The Morgan fingerprint density at radius 2 is 2.06 bits per heavy atom. The van der Waals surface area contributed by atoms with Crippen molar-refractivity contribution in [1.82, 2.24) is 14.1 Å². The molecule has 104 valence electrons. The second-order valence-corrected chi connectivity index (χ2v) is 7.01. The zero-order chi connectivity index (χ0) is 13.9. The second kappa shape index (κ2) is 6.04. The van der Waals surface area contributed by atoms with Crippen molar-refractivity contribution >= 4 is 21.6 Å². The fourth-order valence-electron chi connectivity index (χ4n) is 1.49. The topological polar surface area (TPSA) is 55.2 Å². The van der Waals surface area contributed by atoms with Crippen LogP contribution in [0.5, 0.6) is 0 Å². The zero-order valence-electron chi connectivity index (χ0n) is 11.2. The van der Waals surface area contributed by atoms with Gasteiger partial charge in [0.1, 0.15) is 4.90 Å². The van der Waals surface area contributed by atoms with Gasteiger partial charge in [0.25, 0.3) is 0 Å². The number of sulfonamides is 1. The lowest BCUT2D eigenvalue weighted by atomic mass is 10.1. The van der Waals surface area contributed by atoms with Crippen molar-refractivity contribution in [2.24, 2.45) is 5.92 Å². The summed E-state index contributed by atoms with van der Waals surface area (Å²) >= 11 is 5.59. The highest BCUT2D eigenvalue weighted by Gasteiger charge is 2.28. The number of alkyl halides is 1. The van der Waals surface area contributed by atoms with Crippen molar-refractivity contribution in [1.29, 1.82) is 0 Å². The smallest absolute Gasteiger partial charge is 0.246 e. The van der Waals surface area contributed by atoms with Crippen molar-refractivity contribution < 1.29 is 8.42 Å². The van der Waals surface area contributed by atoms with E-state index in [4.69, 9.17) is 11.6 Å². The van der Waals surface area contributed by atoms with E-state index in [1.165, 1.54) is 21.4 Å². The van der Waals surface area contributed by atoms with Crippen LogP contribution in [0.4, 0.5) is 0 Å². The van der Waals surface area contributed by atoms with Crippen LogP contribution in [0.1, 0.15) is 20.8 Å². The molecule has 0 fully saturated rings. The van der Waals surface area contributed by atoms with E-state index < -0.39 is 10.0 Å². The van der Waals surface area contributed by atoms with Crippen LogP contribution in [-0.4, -0.2) is 41.5 Å². The Kier molecular flexibility index (Phi) is 5.19. The average molecular weight is 294 g/mol. The lowest BCUT2D eigenvalue weighted by Gasteiger charge is -2.26. The third kappa shape index (κ3) is 3.24. The van der Waals surface area contributed by atoms with Crippen LogP contribution in [0.3, 0.4) is 0 Å². The third-order valence-corrected chi connectivity index (χ3v) is 5.20. The Balaban J connectivity index is 2.98. The summed E-state index contributed by atoms with van der Waals surface area (Å²) in [6, 6.07) is -0.0635. The van der Waals surface area contributed by atoms with Crippen LogP contribution in [0, 0.1) is 5.92 Å². The summed E-state index contributed by atoms with van der Waals surface area (Å²) in [5.74, 6) is 0.655. The summed E-state index contributed by atoms with van der Waals surface area (Å²) in [5.41, 5.74) is 0. The summed E-state index contributed by atoms with van der Waals surface area (Å²) in [5, 5.41) is 3.99. The maximum atomic E-state index is 12.3. The van der Waals surface area contributed by atoms with Crippen LogP contribution in [0.2, 0.25) is 0 Å². The molecule has 0 amide bonds. The Morgan fingerprint density at radius 1 is 1.44 bits per heavy atom. The number of rotatable bonds is 6. The normalized spacial score (nSPS) is 14.4. The van der Waals surface area contributed by atoms with E-state index in [-0.39, 0.29) is 16.9 Å². The van der Waals surface area contributed by atoms with Crippen LogP contribution in [0.15, 0.2) is 17.3 Å². The van der Waals surface area contributed by atoms with Crippen molar-refractivity contribution in [3.05, 3.63) is 12.4 Å². The molecular formula is C11H20ClN3O2S. The van der Waals surface area contributed by atoms with Gasteiger partial charge in [-0.05, 0) is 12.8 Å². The quantitative estimate of drug-likeness (QED) is 0.751. The summed E-state index contributed by atoms with van der Waals surface area (Å²) < 4.78 is 27.6. The van der Waals surface area contributed by atoms with Gasteiger partial charge in [-0.25, -0.2) is 8.42 Å². The first-order valence-corrected chi connectivity index (χ1v) is 7.84. The van der Waals surface area contributed by atoms with Gasteiger partial charge >= 0.3 is 0 Å². The number of nitrogens with zero attached hydrogens (tertiary/aromatic N) is 3. The Bertz CT molecular complexity index is 484. The van der Waals surface area contributed by atoms with Gasteiger partial charge in [0, 0.05) is 25.2 Å². The Morgan fingerprint density at radius 3 is 2.56 bits per heavy atom. The van der Waals surface area contributed by atoms with Crippen molar-refractivity contribution in [2.45, 2.75) is 38.3 Å². The summed E-state index contributed by atoms with van der Waals surface area (Å²) in [6.07, 6.45) is 2.88. The molecule has 1 aromatic rings. The van der Waals surface area contributed by atoms with E-state index in [1.807, 2.05) is 20.8 Å². The van der Waals surface area contributed by atoms with Gasteiger partial charge in [0.05, 0.1) is 12.7 Å². The fourth-order valence-corrected chi connectivity index (χ4v) is 3.11. The number of aromatic nitrogens is 2. The van der Waals surface area contributed by atoms with E-state index in [1.54, 1.807) is 7.05 Å². The lowest BCUT2D eigenvalue weighted by Crippen LogP contribution is -2.38. The molecule has 0 aromatic carbocycles. The molecule has 18 heavy (non-hydrogen) atoms. The maximum Gasteiger partial charge on any atom is 0.246 e. The first-order chi connectivity index (χ1) is 8.30. The second-order valence-electron chi connectivity index (χ2n) is 4.63. The molecule has 1 rings (SSSR count). The molecule has 5 nitrogen and oxygen atoms in total. The van der Waals surface area contributed by atoms with Gasteiger partial charge in [-0.3, -0.25) is 4.68 Å². The molecule has 1 atom stereocenters. The molecule has 0 N–H and O–H groups in total. The Labute approximate surface area is 114 Å². The predicted molar refractivity (Wildman–Crippen MR) is 72.2 cm³/mol. The fraction of sp³-hybridized carbons (Fsp3) is 0.727. The van der Waals surface area contributed by atoms with Gasteiger partial charge in [-0.15, -0.1) is 11.6 Å². The SMILES string of the molecule is CC(C)C(C)N(C)S(=O)(=O)c1cnn(CCCl)c1. The maximum absolute atomic E-state index is 12.3. The third-order valence-electron chi connectivity index (χ3n) is 3.14. The first-order valence-electron chi connectivity index (χ1n) is 5.87. The first kappa shape index (κ1) is 15.5. The highest BCUT2D eigenvalue weighted by atomic mass is 35.5. The number of halogens is 1. The number of hydrogen-bond donors (Lipinski definition) is 0. The van der Waals surface area contributed by atoms with E-state index in [0.29, 0.717) is 12.4 Å². The van der Waals surface area contributed by atoms with Crippen molar-refractivity contribution in [3.63, 3.8) is 0 Å². The zero-order valence-corrected chi connectivity index (χ0v) is 12.7. The number of hydrogen-bond acceptors (Lipinski definition) is 3. The van der Waals surface area contributed by atoms with Crippen molar-refractivity contribution in [2.75, 3.05) is 12.9 Å². The molecule has 0 aliphatic rings. The monoisotopic (exact) mass is 293 g/mol. The standard InChI is InChI=1S/C11H20ClN3O2S/c1-9(2)10(3)14(4)18(16,17)11-7-13-15(8-11)6-5-12/h7-10H,5-6H2,1-4H3. The largest absolute Gasteiger partial charge is 0.270 e. The minimum absolute atomic E-state index is 0.0635. The molecule has 7 heteroatoms. The molecule has 1 heterocycles. The molecule has 0 radical (unpaired) electrons. The van der Waals surface area contributed by atoms with E-state index >= 15 is 0 Å². The summed E-state index contributed by atoms with van der Waals surface area (Å²) in [6.45, 7) is 6.38. The minimum atomic E-state index is -3.47. The van der Waals surface area contributed by atoms with Gasteiger partial charge in [0.15, 0.2) is 0 Å². The molecular weight excluding hydrogens is 274 g/mol. The highest BCUT2D eigenvalue weighted by molar-refractivity contribution is 7.89.